The normalized spacial score (nSPS) is 17.9. The second-order valence-corrected chi connectivity index (χ2v) is 5.63. The number of carbonyl (C=O) groups is 1. The van der Waals surface area contributed by atoms with E-state index in [0.717, 1.165) is 18.7 Å². The van der Waals surface area contributed by atoms with Crippen LogP contribution in [0.3, 0.4) is 0 Å². The molecule has 7 heteroatoms. The van der Waals surface area contributed by atoms with Crippen LogP contribution in [0.15, 0.2) is 36.8 Å². The molecule has 1 aliphatic rings. The van der Waals surface area contributed by atoms with Crippen LogP contribution in [-0.2, 0) is 7.05 Å². The Morgan fingerprint density at radius 3 is 2.95 bits per heavy atom. The molecule has 0 radical (unpaired) electrons. The first-order chi connectivity index (χ1) is 10.1. The quantitative estimate of drug-likeness (QED) is 0.912. The number of benzene rings is 1. The van der Waals surface area contributed by atoms with Gasteiger partial charge >= 0.3 is 0 Å². The lowest BCUT2D eigenvalue weighted by Crippen LogP contribution is -2.48. The van der Waals surface area contributed by atoms with E-state index in [9.17, 15) is 4.79 Å². The lowest BCUT2D eigenvalue weighted by Gasteiger charge is -2.36. The number of imidazole rings is 1. The molecule has 1 atom stereocenters. The van der Waals surface area contributed by atoms with Gasteiger partial charge in [0.05, 0.1) is 12.4 Å². The third-order valence-electron chi connectivity index (χ3n) is 3.66. The maximum absolute atomic E-state index is 12.7. The number of aromatic nitrogens is 2. The van der Waals surface area contributed by atoms with Crippen LogP contribution in [0.1, 0.15) is 22.1 Å². The first-order valence-corrected chi connectivity index (χ1v) is 7.28. The molecule has 0 aliphatic carbocycles. The summed E-state index contributed by atoms with van der Waals surface area (Å²) >= 11 is 6.07. The maximum atomic E-state index is 12.7. The summed E-state index contributed by atoms with van der Waals surface area (Å²) in [7, 11) is 1.86. The molecule has 1 aromatic carbocycles. The Labute approximate surface area is 140 Å². The fourth-order valence-corrected chi connectivity index (χ4v) is 2.83. The van der Waals surface area contributed by atoms with Crippen molar-refractivity contribution >= 4 is 29.9 Å². The van der Waals surface area contributed by atoms with E-state index in [1.807, 2.05) is 36.2 Å². The first kappa shape index (κ1) is 16.8. The van der Waals surface area contributed by atoms with Crippen molar-refractivity contribution in [2.24, 2.45) is 7.05 Å². The number of nitrogens with one attached hydrogen (secondary N) is 1. The molecule has 1 aromatic heterocycles. The minimum atomic E-state index is -0.0397. The van der Waals surface area contributed by atoms with Gasteiger partial charge in [-0.05, 0) is 17.7 Å². The highest BCUT2D eigenvalue weighted by atomic mass is 35.5. The Bertz CT molecular complexity index is 658. The topological polar surface area (TPSA) is 50.2 Å². The Balaban J connectivity index is 0.00000176. The third kappa shape index (κ3) is 3.43. The smallest absolute Gasteiger partial charge is 0.274 e. The van der Waals surface area contributed by atoms with Gasteiger partial charge in [-0.1, -0.05) is 23.7 Å². The highest BCUT2D eigenvalue weighted by molar-refractivity contribution is 6.30. The summed E-state index contributed by atoms with van der Waals surface area (Å²) in [6.07, 6.45) is 3.39. The number of aryl methyl sites for hydroxylation is 1. The zero-order chi connectivity index (χ0) is 14.8. The van der Waals surface area contributed by atoms with Crippen LogP contribution in [0, 0.1) is 0 Å². The van der Waals surface area contributed by atoms with E-state index in [1.165, 1.54) is 0 Å². The monoisotopic (exact) mass is 340 g/mol. The minimum Gasteiger partial charge on any atom is -0.340 e. The number of carbonyl (C=O) groups excluding carboxylic acids is 1. The van der Waals surface area contributed by atoms with Gasteiger partial charge in [-0.3, -0.25) is 4.79 Å². The summed E-state index contributed by atoms with van der Waals surface area (Å²) < 4.78 is 1.78. The number of amides is 1. The number of hydrogen-bond acceptors (Lipinski definition) is 3. The van der Waals surface area contributed by atoms with E-state index in [2.05, 4.69) is 10.3 Å². The van der Waals surface area contributed by atoms with Gasteiger partial charge in [0.25, 0.3) is 5.91 Å². The van der Waals surface area contributed by atoms with Gasteiger partial charge in [-0.25, -0.2) is 4.98 Å². The molecule has 1 N–H and O–H groups in total. The van der Waals surface area contributed by atoms with Crippen LogP contribution in [0.4, 0.5) is 0 Å². The molecular weight excluding hydrogens is 323 g/mol. The standard InChI is InChI=1S/C15H17ClN4O.ClH/c1-19-9-13(18-10-19)15(21)20-6-5-17-8-14(20)11-3-2-4-12(16)7-11;/h2-4,7,9-10,14,17H,5-6,8H2,1H3;1H. The average molecular weight is 341 g/mol. The number of nitrogens with zero attached hydrogens (tertiary/aromatic N) is 3. The minimum absolute atomic E-state index is 0. The van der Waals surface area contributed by atoms with E-state index in [0.29, 0.717) is 17.3 Å². The zero-order valence-corrected chi connectivity index (χ0v) is 13.8. The van der Waals surface area contributed by atoms with E-state index in [4.69, 9.17) is 11.6 Å². The molecule has 0 bridgehead atoms. The molecule has 0 saturated carbocycles. The van der Waals surface area contributed by atoms with Crippen molar-refractivity contribution in [3.05, 3.63) is 53.1 Å². The summed E-state index contributed by atoms with van der Waals surface area (Å²) in [6.45, 7) is 2.17. The van der Waals surface area contributed by atoms with Gasteiger partial charge in [-0.15, -0.1) is 12.4 Å². The second kappa shape index (κ2) is 7.13. The maximum Gasteiger partial charge on any atom is 0.274 e. The Kier molecular flexibility index (Phi) is 5.45. The predicted octanol–water partition coefficient (Wildman–Crippen LogP) is 2.28. The second-order valence-electron chi connectivity index (χ2n) is 5.20. The van der Waals surface area contributed by atoms with Gasteiger partial charge in [-0.2, -0.15) is 0 Å². The van der Waals surface area contributed by atoms with Crippen LogP contribution in [-0.4, -0.2) is 40.0 Å². The van der Waals surface area contributed by atoms with Crippen molar-refractivity contribution in [3.63, 3.8) is 0 Å². The Morgan fingerprint density at radius 1 is 1.45 bits per heavy atom. The molecule has 22 heavy (non-hydrogen) atoms. The lowest BCUT2D eigenvalue weighted by atomic mass is 10.0. The molecule has 2 heterocycles. The SMILES string of the molecule is Cl.Cn1cnc(C(=O)N2CCNCC2c2cccc(Cl)c2)c1. The van der Waals surface area contributed by atoms with Crippen molar-refractivity contribution < 1.29 is 4.79 Å². The molecule has 0 spiro atoms. The molecule has 1 aliphatic heterocycles. The molecule has 2 aromatic rings. The third-order valence-corrected chi connectivity index (χ3v) is 3.90. The molecule has 118 valence electrons. The van der Waals surface area contributed by atoms with Crippen LogP contribution >= 0.6 is 24.0 Å². The predicted molar refractivity (Wildman–Crippen MR) is 88.6 cm³/mol. The van der Waals surface area contributed by atoms with Crippen molar-refractivity contribution in [2.45, 2.75) is 6.04 Å². The lowest BCUT2D eigenvalue weighted by molar-refractivity contribution is 0.0628. The molecule has 5 nitrogen and oxygen atoms in total. The van der Waals surface area contributed by atoms with Crippen LogP contribution in [0.25, 0.3) is 0 Å². The summed E-state index contributed by atoms with van der Waals surface area (Å²) in [6, 6.07) is 7.65. The highest BCUT2D eigenvalue weighted by Crippen LogP contribution is 2.25. The molecular formula is C15H18Cl2N4O. The molecule has 1 fully saturated rings. The molecule has 1 amide bonds. The Morgan fingerprint density at radius 2 is 2.27 bits per heavy atom. The zero-order valence-electron chi connectivity index (χ0n) is 12.2. The fraction of sp³-hybridized carbons (Fsp3) is 0.333. The van der Waals surface area contributed by atoms with Gasteiger partial charge in [0.1, 0.15) is 5.69 Å². The summed E-state index contributed by atoms with van der Waals surface area (Å²) in [5, 5.41) is 4.02. The average Bonchev–Trinajstić information content (AvgIpc) is 2.93. The van der Waals surface area contributed by atoms with Crippen LogP contribution in [0.5, 0.6) is 0 Å². The highest BCUT2D eigenvalue weighted by Gasteiger charge is 2.29. The van der Waals surface area contributed by atoms with Gasteiger partial charge in [0, 0.05) is 37.9 Å². The van der Waals surface area contributed by atoms with Gasteiger partial charge < -0.3 is 14.8 Å². The van der Waals surface area contributed by atoms with Crippen molar-refractivity contribution in [1.29, 1.82) is 0 Å². The summed E-state index contributed by atoms with van der Waals surface area (Å²) in [5.74, 6) is -0.0397. The van der Waals surface area contributed by atoms with Gasteiger partial charge in [0.15, 0.2) is 0 Å². The number of hydrogen-bond donors (Lipinski definition) is 1. The largest absolute Gasteiger partial charge is 0.340 e. The van der Waals surface area contributed by atoms with E-state index in [1.54, 1.807) is 17.1 Å². The summed E-state index contributed by atoms with van der Waals surface area (Å²) in [4.78, 5) is 18.7. The van der Waals surface area contributed by atoms with Crippen molar-refractivity contribution in [2.75, 3.05) is 19.6 Å². The molecule has 1 saturated heterocycles. The molecule has 1 unspecified atom stereocenters. The van der Waals surface area contributed by atoms with E-state index in [-0.39, 0.29) is 24.4 Å². The van der Waals surface area contributed by atoms with Gasteiger partial charge in [0.2, 0.25) is 0 Å². The van der Waals surface area contributed by atoms with Crippen molar-refractivity contribution in [1.82, 2.24) is 19.8 Å². The first-order valence-electron chi connectivity index (χ1n) is 6.90. The number of rotatable bonds is 2. The molecule has 3 rings (SSSR count). The number of halogens is 2. The summed E-state index contributed by atoms with van der Waals surface area (Å²) in [5.41, 5.74) is 1.52. The Hall–Kier alpha value is -1.56. The van der Waals surface area contributed by atoms with E-state index < -0.39 is 0 Å². The van der Waals surface area contributed by atoms with Crippen LogP contribution < -0.4 is 5.32 Å². The van der Waals surface area contributed by atoms with Crippen LogP contribution in [0.2, 0.25) is 5.02 Å². The van der Waals surface area contributed by atoms with Crippen molar-refractivity contribution in [3.8, 4) is 0 Å². The fourth-order valence-electron chi connectivity index (χ4n) is 2.63. The number of piperazine rings is 1. The van der Waals surface area contributed by atoms with E-state index >= 15 is 0 Å².